The van der Waals surface area contributed by atoms with Crippen LogP contribution in [0.15, 0.2) is 12.1 Å². The Balaban J connectivity index is 2.53. The van der Waals surface area contributed by atoms with Gasteiger partial charge in [0.25, 0.3) is 0 Å². The van der Waals surface area contributed by atoms with Crippen molar-refractivity contribution in [2.75, 3.05) is 0 Å². The standard InChI is InChI=1S/C60H115O3P/c1-4-7-10-13-16-19-22-25-28-31-34-37-40-43-46-49-52-57-55-56-60(63-64(61)62)59(54-51-48-45-42-39-36-33-30-27-24-21-18-15-12-9-6-3)58(57)53-50-47-44-41-38-35-32-29-26-23-20-17-14-11-8-5-2/h55-56,61-62H,4-54H2,1-3H3. The maximum atomic E-state index is 9.99. The molecule has 0 saturated carbocycles. The fraction of sp³-hybridized carbons (Fsp3) is 0.900. The smallest absolute Gasteiger partial charge is 0.391 e. The van der Waals surface area contributed by atoms with Crippen LogP contribution in [-0.4, -0.2) is 9.79 Å². The van der Waals surface area contributed by atoms with Gasteiger partial charge in [-0.25, -0.2) is 0 Å². The molecular weight excluding hydrogens is 800 g/mol. The number of hydrogen-bond donors (Lipinski definition) is 2. The van der Waals surface area contributed by atoms with E-state index in [9.17, 15) is 9.79 Å². The molecule has 4 heteroatoms. The molecule has 0 aliphatic carbocycles. The van der Waals surface area contributed by atoms with E-state index in [1.54, 1.807) is 0 Å². The van der Waals surface area contributed by atoms with E-state index in [-0.39, 0.29) is 0 Å². The Labute approximate surface area is 404 Å². The molecule has 1 aromatic carbocycles. The summed E-state index contributed by atoms with van der Waals surface area (Å²) in [6, 6.07) is 4.35. The Morgan fingerprint density at radius 2 is 0.500 bits per heavy atom. The highest BCUT2D eigenvalue weighted by Crippen LogP contribution is 2.37. The summed E-state index contributed by atoms with van der Waals surface area (Å²) in [6.07, 6.45) is 70.1. The van der Waals surface area contributed by atoms with Crippen LogP contribution in [0.25, 0.3) is 0 Å². The fourth-order valence-corrected chi connectivity index (χ4v) is 10.6. The van der Waals surface area contributed by atoms with Gasteiger partial charge in [-0.3, -0.25) is 0 Å². The molecule has 0 atom stereocenters. The van der Waals surface area contributed by atoms with Crippen LogP contribution in [0.1, 0.15) is 346 Å². The van der Waals surface area contributed by atoms with Crippen LogP contribution in [0.4, 0.5) is 0 Å². The van der Waals surface area contributed by atoms with Gasteiger partial charge in [0.1, 0.15) is 5.75 Å². The highest BCUT2D eigenvalue weighted by Gasteiger charge is 2.17. The van der Waals surface area contributed by atoms with E-state index in [0.29, 0.717) is 0 Å². The van der Waals surface area contributed by atoms with Gasteiger partial charge in [0.2, 0.25) is 0 Å². The SMILES string of the molecule is CCCCCCCCCCCCCCCCCCc1ccc(OP(O)O)c(CCCCCCCCCCCCCCCCCC)c1CCCCCCCCCCCCCCCCCC. The molecule has 0 bridgehead atoms. The predicted molar refractivity (Wildman–Crippen MR) is 288 cm³/mol. The molecule has 378 valence electrons. The molecule has 0 unspecified atom stereocenters. The molecule has 0 heterocycles. The second-order valence-electron chi connectivity index (χ2n) is 20.7. The van der Waals surface area contributed by atoms with Gasteiger partial charge in [0.05, 0.1) is 0 Å². The van der Waals surface area contributed by atoms with Gasteiger partial charge < -0.3 is 14.3 Å². The van der Waals surface area contributed by atoms with Crippen LogP contribution in [-0.2, 0) is 19.3 Å². The van der Waals surface area contributed by atoms with E-state index >= 15 is 0 Å². The van der Waals surface area contributed by atoms with Crippen molar-refractivity contribution in [2.45, 2.75) is 348 Å². The molecule has 0 amide bonds. The average Bonchev–Trinajstić information content (AvgIpc) is 3.29. The number of aryl methyl sites for hydroxylation is 1. The summed E-state index contributed by atoms with van der Waals surface area (Å²) in [5.74, 6) is 0.735. The van der Waals surface area contributed by atoms with Crippen molar-refractivity contribution in [1.29, 1.82) is 0 Å². The van der Waals surface area contributed by atoms with E-state index in [2.05, 4.69) is 32.9 Å². The maximum absolute atomic E-state index is 9.99. The van der Waals surface area contributed by atoms with Gasteiger partial charge in [-0.1, -0.05) is 316 Å². The van der Waals surface area contributed by atoms with Crippen LogP contribution < -0.4 is 4.52 Å². The number of rotatable bonds is 53. The largest absolute Gasteiger partial charge is 0.427 e. The first-order chi connectivity index (χ1) is 31.6. The van der Waals surface area contributed by atoms with Crippen molar-refractivity contribution < 1.29 is 14.3 Å². The summed E-state index contributed by atoms with van der Waals surface area (Å²) in [6.45, 7) is 6.92. The molecule has 0 fully saturated rings. The van der Waals surface area contributed by atoms with E-state index in [4.69, 9.17) is 4.52 Å². The minimum atomic E-state index is -2.42. The van der Waals surface area contributed by atoms with Crippen LogP contribution in [0.2, 0.25) is 0 Å². The lowest BCUT2D eigenvalue weighted by Crippen LogP contribution is -2.05. The van der Waals surface area contributed by atoms with Crippen molar-refractivity contribution in [3.8, 4) is 5.75 Å². The zero-order valence-corrected chi connectivity index (χ0v) is 44.9. The van der Waals surface area contributed by atoms with Crippen molar-refractivity contribution in [2.24, 2.45) is 0 Å². The molecule has 0 aliphatic heterocycles. The van der Waals surface area contributed by atoms with Crippen LogP contribution in [0.5, 0.6) is 5.75 Å². The third-order valence-electron chi connectivity index (χ3n) is 14.5. The Kier molecular flexibility index (Phi) is 48.2. The molecule has 3 nitrogen and oxygen atoms in total. The molecule has 2 N–H and O–H groups in total. The first-order valence-corrected chi connectivity index (χ1v) is 30.8. The van der Waals surface area contributed by atoms with E-state index in [1.165, 1.54) is 318 Å². The fourth-order valence-electron chi connectivity index (χ4n) is 10.3. The summed E-state index contributed by atoms with van der Waals surface area (Å²) in [5, 5.41) is 0. The van der Waals surface area contributed by atoms with E-state index in [0.717, 1.165) is 31.4 Å². The van der Waals surface area contributed by atoms with E-state index < -0.39 is 8.60 Å². The second kappa shape index (κ2) is 50.3. The predicted octanol–water partition coefficient (Wildman–Crippen LogP) is 21.7. The molecular formula is C60H115O3P. The Morgan fingerprint density at radius 1 is 0.281 bits per heavy atom. The average molecular weight is 916 g/mol. The Morgan fingerprint density at radius 3 is 0.750 bits per heavy atom. The van der Waals surface area contributed by atoms with Gasteiger partial charge in [-0.15, -0.1) is 0 Å². The topological polar surface area (TPSA) is 49.7 Å². The second-order valence-corrected chi connectivity index (χ2v) is 21.4. The summed E-state index contributed by atoms with van der Waals surface area (Å²) < 4.78 is 5.76. The van der Waals surface area contributed by atoms with Crippen molar-refractivity contribution in [1.82, 2.24) is 0 Å². The zero-order chi connectivity index (χ0) is 46.1. The third kappa shape index (κ3) is 40.4. The summed E-state index contributed by atoms with van der Waals surface area (Å²) in [5.41, 5.74) is 4.28. The molecule has 1 aromatic rings. The van der Waals surface area contributed by atoms with Gasteiger partial charge in [0, 0.05) is 0 Å². The molecule has 64 heavy (non-hydrogen) atoms. The third-order valence-corrected chi connectivity index (χ3v) is 14.9. The maximum Gasteiger partial charge on any atom is 0.391 e. The van der Waals surface area contributed by atoms with E-state index in [1.807, 2.05) is 0 Å². The molecule has 1 rings (SSSR count). The minimum absolute atomic E-state index is 0.735. The lowest BCUT2D eigenvalue weighted by molar-refractivity contribution is 0.372. The van der Waals surface area contributed by atoms with Crippen LogP contribution >= 0.6 is 8.60 Å². The molecule has 0 aliphatic rings. The normalized spacial score (nSPS) is 11.7. The summed E-state index contributed by atoms with van der Waals surface area (Å²) in [7, 11) is -2.42. The highest BCUT2D eigenvalue weighted by atomic mass is 31.2. The van der Waals surface area contributed by atoms with Crippen molar-refractivity contribution >= 4 is 8.60 Å². The Hall–Kier alpha value is -0.630. The quantitative estimate of drug-likeness (QED) is 0.0506. The van der Waals surface area contributed by atoms with Gasteiger partial charge in [0.15, 0.2) is 0 Å². The molecule has 0 aromatic heterocycles. The molecule has 0 spiro atoms. The number of benzene rings is 1. The van der Waals surface area contributed by atoms with Gasteiger partial charge >= 0.3 is 8.60 Å². The number of unbranched alkanes of at least 4 members (excludes halogenated alkanes) is 45. The lowest BCUT2D eigenvalue weighted by atomic mass is 9.89. The first-order valence-electron chi connectivity index (χ1n) is 29.6. The molecule has 0 radical (unpaired) electrons. The van der Waals surface area contributed by atoms with Gasteiger partial charge in [-0.2, -0.15) is 0 Å². The summed E-state index contributed by atoms with van der Waals surface area (Å²) >= 11 is 0. The Bertz CT molecular complexity index is 1060. The number of hydrogen-bond acceptors (Lipinski definition) is 3. The first kappa shape index (κ1) is 61.4. The minimum Gasteiger partial charge on any atom is -0.427 e. The van der Waals surface area contributed by atoms with Crippen molar-refractivity contribution in [3.05, 3.63) is 28.8 Å². The summed E-state index contributed by atoms with van der Waals surface area (Å²) in [4.78, 5) is 20.0. The monoisotopic (exact) mass is 915 g/mol. The zero-order valence-electron chi connectivity index (χ0n) is 44.0. The van der Waals surface area contributed by atoms with Gasteiger partial charge in [-0.05, 0) is 61.3 Å². The lowest BCUT2D eigenvalue weighted by Gasteiger charge is -2.20. The highest BCUT2D eigenvalue weighted by molar-refractivity contribution is 7.39. The van der Waals surface area contributed by atoms with Crippen molar-refractivity contribution in [3.63, 3.8) is 0 Å². The molecule has 0 saturated heterocycles. The van der Waals surface area contributed by atoms with Crippen LogP contribution in [0, 0.1) is 0 Å². The van der Waals surface area contributed by atoms with Crippen LogP contribution in [0.3, 0.4) is 0 Å².